The molecule has 2 nitrogen and oxygen atoms in total. The highest BCUT2D eigenvalue weighted by Crippen LogP contribution is 3.02. The maximum Gasteiger partial charge on any atom is 0.315 e. The van der Waals surface area contributed by atoms with Crippen molar-refractivity contribution in [3.63, 3.8) is 0 Å². The van der Waals surface area contributed by atoms with Gasteiger partial charge in [-0.2, -0.15) is 0 Å². The van der Waals surface area contributed by atoms with Crippen molar-refractivity contribution in [1.82, 2.24) is 9.97 Å². The predicted octanol–water partition coefficient (Wildman–Crippen LogP) is 11.0. The van der Waals surface area contributed by atoms with E-state index in [1.807, 2.05) is 0 Å². The van der Waals surface area contributed by atoms with Gasteiger partial charge in [0.1, 0.15) is 23.3 Å². The van der Waals surface area contributed by atoms with E-state index in [9.17, 15) is 41.4 Å². The minimum Gasteiger partial charge on any atom is -0.236 e. The molecule has 0 bridgehead atoms. The molecule has 40 heavy (non-hydrogen) atoms. The number of hydrogen-bond acceptors (Lipinski definition) is 2. The maximum absolute atomic E-state index is 14.8. The normalized spacial score (nSPS) is 14.4. The van der Waals surface area contributed by atoms with Gasteiger partial charge in [-0.05, 0) is 35.7 Å². The lowest BCUT2D eigenvalue weighted by atomic mass is 10.0. The van der Waals surface area contributed by atoms with E-state index in [0.29, 0.717) is 17.5 Å². The number of rotatable bonds is 7. The molecule has 4 aromatic rings. The van der Waals surface area contributed by atoms with Crippen LogP contribution in [0.2, 0.25) is 0 Å². The van der Waals surface area contributed by atoms with E-state index in [1.54, 1.807) is 6.92 Å². The average molecular weight is 593 g/mol. The van der Waals surface area contributed by atoms with Crippen molar-refractivity contribution in [2.45, 2.75) is 24.7 Å². The van der Waals surface area contributed by atoms with Gasteiger partial charge in [0.2, 0.25) is 0 Å². The number of nitrogens with zero attached hydrogens (tertiary/aromatic N) is 2. The highest BCUT2D eigenvalue weighted by Gasteiger charge is 2.68. The zero-order valence-electron chi connectivity index (χ0n) is 20.3. The molecule has 0 aliphatic carbocycles. The molecular weight excluding hydrogens is 574 g/mol. The fourth-order valence-corrected chi connectivity index (χ4v) is 4.75. The van der Waals surface area contributed by atoms with Crippen LogP contribution in [0, 0.1) is 17.5 Å². The summed E-state index contributed by atoms with van der Waals surface area (Å²) in [5.41, 5.74) is -0.0774. The second kappa shape index (κ2) is 9.65. The van der Waals surface area contributed by atoms with Gasteiger partial charge in [-0.15, -0.1) is 0 Å². The lowest BCUT2D eigenvalue weighted by molar-refractivity contribution is 0.345. The Morgan fingerprint density at radius 1 is 0.675 bits per heavy atom. The monoisotopic (exact) mass is 592 g/mol. The summed E-state index contributed by atoms with van der Waals surface area (Å²) < 4.78 is 135. The molecule has 1 aromatic heterocycles. The molecule has 13 heteroatoms. The molecule has 1 heterocycles. The van der Waals surface area contributed by atoms with E-state index >= 15 is 0 Å². The van der Waals surface area contributed by atoms with Gasteiger partial charge in [0.25, 0.3) is 0 Å². The number of allylic oxidation sites excluding steroid dienone is 1. The molecule has 0 fully saturated rings. The lowest BCUT2D eigenvalue weighted by Crippen LogP contribution is -2.11. The third kappa shape index (κ3) is 6.14. The van der Waals surface area contributed by atoms with Crippen molar-refractivity contribution < 1.29 is 41.4 Å². The summed E-state index contributed by atoms with van der Waals surface area (Å²) in [6.07, 6.45) is 3.16. The molecule has 0 unspecified atom stereocenters. The number of hydrogen-bond donors (Lipinski definition) is 0. The molecular formula is C27H18F10N2S. The highest BCUT2D eigenvalue weighted by atomic mass is 32.5. The molecule has 3 aromatic carbocycles. The minimum absolute atomic E-state index is 0.00931. The summed E-state index contributed by atoms with van der Waals surface area (Å²) in [5, 5.41) is 0. The largest absolute Gasteiger partial charge is 0.315 e. The van der Waals surface area contributed by atoms with Crippen molar-refractivity contribution in [3.05, 3.63) is 95.8 Å². The summed E-state index contributed by atoms with van der Waals surface area (Å²) in [6.45, 7) is 1.72. The summed E-state index contributed by atoms with van der Waals surface area (Å²) in [5.74, 6) is -8.08. The third-order valence-corrected chi connectivity index (χ3v) is 6.92. The highest BCUT2D eigenvalue weighted by molar-refractivity contribution is 8.45. The Kier molecular flexibility index (Phi) is 7.02. The summed E-state index contributed by atoms with van der Waals surface area (Å²) in [7, 11) is -10.7. The maximum atomic E-state index is 14.8. The molecule has 0 aliphatic heterocycles. The van der Waals surface area contributed by atoms with Crippen LogP contribution < -0.4 is 0 Å². The molecule has 0 spiro atoms. The van der Waals surface area contributed by atoms with E-state index < -0.39 is 55.4 Å². The van der Waals surface area contributed by atoms with Crippen LogP contribution in [0.1, 0.15) is 25.3 Å². The smallest absolute Gasteiger partial charge is 0.236 e. The first-order chi connectivity index (χ1) is 18.5. The van der Waals surface area contributed by atoms with Crippen molar-refractivity contribution in [1.29, 1.82) is 0 Å². The van der Waals surface area contributed by atoms with Crippen LogP contribution in [-0.4, -0.2) is 9.97 Å². The van der Waals surface area contributed by atoms with Crippen LogP contribution in [-0.2, 0) is 0 Å². The van der Waals surface area contributed by atoms with Crippen LogP contribution in [0.3, 0.4) is 0 Å². The molecule has 0 atom stereocenters. The molecule has 0 amide bonds. The molecule has 0 saturated carbocycles. The van der Waals surface area contributed by atoms with E-state index in [4.69, 9.17) is 0 Å². The second-order valence-electron chi connectivity index (χ2n) is 8.77. The van der Waals surface area contributed by atoms with Gasteiger partial charge in [-0.1, -0.05) is 62.8 Å². The van der Waals surface area contributed by atoms with Gasteiger partial charge in [0.15, 0.2) is 16.5 Å². The second-order valence-corrected chi connectivity index (χ2v) is 11.1. The fraction of sp³-hybridized carbons (Fsp3) is 0.111. The van der Waals surface area contributed by atoms with E-state index in [0.717, 1.165) is 12.1 Å². The van der Waals surface area contributed by atoms with E-state index in [-0.39, 0.29) is 35.5 Å². The third-order valence-electron chi connectivity index (χ3n) is 5.75. The number of aromatic nitrogens is 2. The summed E-state index contributed by atoms with van der Waals surface area (Å²) in [6, 6.07) is 8.84. The Morgan fingerprint density at radius 3 is 1.70 bits per heavy atom. The Morgan fingerprint density at radius 2 is 1.20 bits per heavy atom. The lowest BCUT2D eigenvalue weighted by Gasteiger charge is -2.40. The number of halogens is 10. The van der Waals surface area contributed by atoms with E-state index in [1.165, 1.54) is 42.7 Å². The summed E-state index contributed by atoms with van der Waals surface area (Å²) >= 11 is 0. The van der Waals surface area contributed by atoms with Gasteiger partial charge in [-0.3, -0.25) is 0 Å². The Hall–Kier alpha value is -3.87. The van der Waals surface area contributed by atoms with Crippen LogP contribution >= 0.6 is 10.2 Å². The SMILES string of the molecule is CCCC(F)=C(F)c1ccc(-c2cnc(-c3ccc(-c4cc(F)c(S(F)(F)(F)(F)F)c(F)c4)c(F)c3)nc2)cc1. The van der Waals surface area contributed by atoms with E-state index in [2.05, 4.69) is 9.97 Å². The molecule has 212 valence electrons. The van der Waals surface area contributed by atoms with Crippen LogP contribution in [0.15, 0.2) is 77.7 Å². The Labute approximate surface area is 221 Å². The summed E-state index contributed by atoms with van der Waals surface area (Å²) in [4.78, 5) is 4.93. The predicted molar refractivity (Wildman–Crippen MR) is 134 cm³/mol. The molecule has 0 aliphatic rings. The molecule has 0 saturated heterocycles. The standard InChI is InChI=1S/C27H18F10N2S/c1-2-3-21(28)25(32)16-6-4-15(5-7-16)19-13-38-27(39-14-19)17-8-9-20(22(29)10-17)18-11-23(30)26(24(31)12-18)40(33,34,35,36)37/h4-14H,2-3H2,1H3. The van der Waals surface area contributed by atoms with Gasteiger partial charge in [0.05, 0.1) is 0 Å². The van der Waals surface area contributed by atoms with Gasteiger partial charge in [-0.25, -0.2) is 31.9 Å². The van der Waals surface area contributed by atoms with Crippen molar-refractivity contribution >= 4 is 16.1 Å². The van der Waals surface area contributed by atoms with Gasteiger partial charge >= 0.3 is 10.2 Å². The van der Waals surface area contributed by atoms with Gasteiger partial charge in [0, 0.05) is 41.1 Å². The minimum atomic E-state index is -10.7. The van der Waals surface area contributed by atoms with Crippen LogP contribution in [0.5, 0.6) is 0 Å². The first kappa shape index (κ1) is 29.1. The Balaban J connectivity index is 1.59. The topological polar surface area (TPSA) is 25.8 Å². The molecule has 0 radical (unpaired) electrons. The van der Waals surface area contributed by atoms with Gasteiger partial charge < -0.3 is 0 Å². The van der Waals surface area contributed by atoms with Crippen molar-refractivity contribution in [2.24, 2.45) is 0 Å². The molecule has 0 N–H and O–H groups in total. The Bertz CT molecular complexity index is 1590. The number of benzene rings is 3. The van der Waals surface area contributed by atoms with Crippen LogP contribution in [0.25, 0.3) is 39.5 Å². The van der Waals surface area contributed by atoms with Crippen molar-refractivity contribution in [2.75, 3.05) is 0 Å². The average Bonchev–Trinajstić information content (AvgIpc) is 2.86. The fourth-order valence-electron chi connectivity index (χ4n) is 3.89. The zero-order chi connectivity index (χ0) is 29.5. The molecule has 4 rings (SSSR count). The van der Waals surface area contributed by atoms with Crippen molar-refractivity contribution in [3.8, 4) is 33.6 Å². The van der Waals surface area contributed by atoms with Crippen LogP contribution in [0.4, 0.5) is 41.4 Å². The first-order valence-electron chi connectivity index (χ1n) is 11.5. The zero-order valence-corrected chi connectivity index (χ0v) is 21.2. The quantitative estimate of drug-likeness (QED) is 0.200. The first-order valence-corrected chi connectivity index (χ1v) is 13.4.